The fourth-order valence-electron chi connectivity index (χ4n) is 2.56. The number of aromatic nitrogens is 1. The van der Waals surface area contributed by atoms with Gasteiger partial charge in [0.25, 0.3) is 5.56 Å². The maximum absolute atomic E-state index is 12.0. The number of aryl methyl sites for hydroxylation is 1. The highest BCUT2D eigenvalue weighted by molar-refractivity contribution is 9.10. The molecule has 124 valence electrons. The SMILES string of the molecule is Cc1cc(-c2cccc(OCc3ccccc3Br)c2)c(C#N)c(=O)[nH]1. The molecule has 4 nitrogen and oxygen atoms in total. The highest BCUT2D eigenvalue weighted by atomic mass is 79.9. The van der Waals surface area contributed by atoms with Crippen LogP contribution in [-0.2, 0) is 6.61 Å². The number of hydrogen-bond donors (Lipinski definition) is 1. The van der Waals surface area contributed by atoms with Gasteiger partial charge in [0.1, 0.15) is 24.0 Å². The number of benzene rings is 2. The summed E-state index contributed by atoms with van der Waals surface area (Å²) in [6.07, 6.45) is 0. The first kappa shape index (κ1) is 17.0. The van der Waals surface area contributed by atoms with E-state index >= 15 is 0 Å². The lowest BCUT2D eigenvalue weighted by molar-refractivity contribution is 0.305. The Hall–Kier alpha value is -2.84. The van der Waals surface area contributed by atoms with E-state index in [0.717, 1.165) is 15.6 Å². The van der Waals surface area contributed by atoms with Gasteiger partial charge in [-0.15, -0.1) is 0 Å². The maximum atomic E-state index is 12.0. The van der Waals surface area contributed by atoms with Crippen molar-refractivity contribution >= 4 is 15.9 Å². The maximum Gasteiger partial charge on any atom is 0.266 e. The third kappa shape index (κ3) is 3.81. The van der Waals surface area contributed by atoms with E-state index in [2.05, 4.69) is 20.9 Å². The monoisotopic (exact) mass is 394 g/mol. The number of nitrogens with one attached hydrogen (secondary N) is 1. The Balaban J connectivity index is 1.92. The van der Waals surface area contributed by atoms with Crippen LogP contribution in [0.25, 0.3) is 11.1 Å². The van der Waals surface area contributed by atoms with Crippen LogP contribution in [0.5, 0.6) is 5.75 Å². The van der Waals surface area contributed by atoms with Crippen LogP contribution in [-0.4, -0.2) is 4.98 Å². The number of nitrogens with zero attached hydrogens (tertiary/aromatic N) is 1. The summed E-state index contributed by atoms with van der Waals surface area (Å²) in [5, 5.41) is 9.30. The average molecular weight is 395 g/mol. The second-order valence-corrected chi connectivity index (χ2v) is 6.44. The van der Waals surface area contributed by atoms with Crippen LogP contribution in [0.4, 0.5) is 0 Å². The van der Waals surface area contributed by atoms with Gasteiger partial charge in [-0.05, 0) is 36.8 Å². The van der Waals surface area contributed by atoms with Crippen LogP contribution in [0, 0.1) is 18.3 Å². The van der Waals surface area contributed by atoms with Gasteiger partial charge in [0.2, 0.25) is 0 Å². The van der Waals surface area contributed by atoms with Gasteiger partial charge >= 0.3 is 0 Å². The minimum Gasteiger partial charge on any atom is -0.489 e. The number of hydrogen-bond acceptors (Lipinski definition) is 3. The molecule has 2 aromatic carbocycles. The fourth-order valence-corrected chi connectivity index (χ4v) is 2.96. The highest BCUT2D eigenvalue weighted by Gasteiger charge is 2.11. The Morgan fingerprint density at radius 3 is 2.72 bits per heavy atom. The molecule has 0 saturated heterocycles. The van der Waals surface area contributed by atoms with Gasteiger partial charge in [-0.2, -0.15) is 5.26 Å². The first-order valence-electron chi connectivity index (χ1n) is 7.69. The number of pyridine rings is 1. The quantitative estimate of drug-likeness (QED) is 0.704. The average Bonchev–Trinajstić information content (AvgIpc) is 2.61. The molecule has 1 N–H and O–H groups in total. The topological polar surface area (TPSA) is 65.9 Å². The molecule has 0 bridgehead atoms. The summed E-state index contributed by atoms with van der Waals surface area (Å²) in [5.74, 6) is 0.676. The van der Waals surface area contributed by atoms with E-state index in [0.29, 0.717) is 23.6 Å². The number of halogens is 1. The van der Waals surface area contributed by atoms with Crippen LogP contribution >= 0.6 is 15.9 Å². The summed E-state index contributed by atoms with van der Waals surface area (Å²) in [4.78, 5) is 14.6. The number of H-pyrrole nitrogens is 1. The Morgan fingerprint density at radius 1 is 1.16 bits per heavy atom. The van der Waals surface area contributed by atoms with Gasteiger partial charge in [0, 0.05) is 21.3 Å². The van der Waals surface area contributed by atoms with Crippen molar-refractivity contribution in [3.05, 3.63) is 86.2 Å². The van der Waals surface area contributed by atoms with E-state index in [1.165, 1.54) is 0 Å². The summed E-state index contributed by atoms with van der Waals surface area (Å²) in [6.45, 7) is 2.21. The van der Waals surface area contributed by atoms with E-state index in [1.54, 1.807) is 13.0 Å². The van der Waals surface area contributed by atoms with Crippen LogP contribution in [0.15, 0.2) is 63.9 Å². The van der Waals surface area contributed by atoms with Crippen LogP contribution < -0.4 is 10.3 Å². The normalized spacial score (nSPS) is 10.3. The second kappa shape index (κ2) is 7.37. The summed E-state index contributed by atoms with van der Waals surface area (Å²) >= 11 is 3.50. The van der Waals surface area contributed by atoms with E-state index < -0.39 is 0 Å². The molecule has 0 aliphatic rings. The molecule has 25 heavy (non-hydrogen) atoms. The smallest absolute Gasteiger partial charge is 0.266 e. The molecule has 3 aromatic rings. The lowest BCUT2D eigenvalue weighted by Gasteiger charge is -2.10. The molecule has 1 aromatic heterocycles. The van der Waals surface area contributed by atoms with Crippen molar-refractivity contribution < 1.29 is 4.74 Å². The van der Waals surface area contributed by atoms with E-state index in [4.69, 9.17) is 4.74 Å². The first-order valence-corrected chi connectivity index (χ1v) is 8.48. The van der Waals surface area contributed by atoms with Crippen LogP contribution in [0.2, 0.25) is 0 Å². The second-order valence-electron chi connectivity index (χ2n) is 5.59. The van der Waals surface area contributed by atoms with Gasteiger partial charge < -0.3 is 9.72 Å². The Bertz CT molecular complexity index is 1020. The first-order chi connectivity index (χ1) is 12.1. The highest BCUT2D eigenvalue weighted by Crippen LogP contribution is 2.27. The molecular weight excluding hydrogens is 380 g/mol. The van der Waals surface area contributed by atoms with Gasteiger partial charge in [-0.25, -0.2) is 0 Å². The van der Waals surface area contributed by atoms with Gasteiger partial charge in [-0.3, -0.25) is 4.79 Å². The van der Waals surface area contributed by atoms with Crippen molar-refractivity contribution in [2.24, 2.45) is 0 Å². The summed E-state index contributed by atoms with van der Waals surface area (Å²) < 4.78 is 6.86. The molecule has 0 saturated carbocycles. The summed E-state index contributed by atoms with van der Waals surface area (Å²) in [6, 6.07) is 19.0. The molecule has 0 radical (unpaired) electrons. The molecule has 0 atom stereocenters. The van der Waals surface area contributed by atoms with Crippen molar-refractivity contribution in [2.45, 2.75) is 13.5 Å². The Labute approximate surface area is 153 Å². The minimum absolute atomic E-state index is 0.105. The summed E-state index contributed by atoms with van der Waals surface area (Å²) in [5.41, 5.74) is 2.85. The lowest BCUT2D eigenvalue weighted by atomic mass is 10.0. The third-order valence-corrected chi connectivity index (χ3v) is 4.55. The minimum atomic E-state index is -0.378. The molecule has 1 heterocycles. The van der Waals surface area contributed by atoms with Crippen molar-refractivity contribution in [2.75, 3.05) is 0 Å². The molecule has 0 aliphatic heterocycles. The van der Waals surface area contributed by atoms with E-state index in [9.17, 15) is 10.1 Å². The summed E-state index contributed by atoms with van der Waals surface area (Å²) in [7, 11) is 0. The van der Waals surface area contributed by atoms with Crippen LogP contribution in [0.3, 0.4) is 0 Å². The largest absolute Gasteiger partial charge is 0.489 e. The molecular formula is C20H15BrN2O2. The number of aromatic amines is 1. The predicted molar refractivity (Wildman–Crippen MR) is 100 cm³/mol. The third-order valence-electron chi connectivity index (χ3n) is 3.78. The molecule has 5 heteroatoms. The van der Waals surface area contributed by atoms with Crippen molar-refractivity contribution in [1.29, 1.82) is 5.26 Å². The fraction of sp³-hybridized carbons (Fsp3) is 0.100. The number of ether oxygens (including phenoxy) is 1. The van der Waals surface area contributed by atoms with Gasteiger partial charge in [0.15, 0.2) is 0 Å². The molecule has 0 spiro atoms. The van der Waals surface area contributed by atoms with Crippen LogP contribution in [0.1, 0.15) is 16.8 Å². The molecule has 0 fully saturated rings. The molecule has 3 rings (SSSR count). The van der Waals surface area contributed by atoms with Gasteiger partial charge in [-0.1, -0.05) is 46.3 Å². The van der Waals surface area contributed by atoms with Crippen molar-refractivity contribution in [3.63, 3.8) is 0 Å². The molecule has 0 amide bonds. The molecule has 0 aliphatic carbocycles. The lowest BCUT2D eigenvalue weighted by Crippen LogP contribution is -2.12. The Kier molecular flexibility index (Phi) is 5.01. The van der Waals surface area contributed by atoms with Crippen molar-refractivity contribution in [3.8, 4) is 22.9 Å². The zero-order valence-electron chi connectivity index (χ0n) is 13.5. The zero-order chi connectivity index (χ0) is 17.8. The zero-order valence-corrected chi connectivity index (χ0v) is 15.1. The standard InChI is InChI=1S/C20H15BrN2O2/c1-13-9-17(18(11-22)20(24)23-13)14-6-4-7-16(10-14)25-12-15-5-2-3-8-19(15)21/h2-10H,12H2,1H3,(H,23,24). The van der Waals surface area contributed by atoms with Gasteiger partial charge in [0.05, 0.1) is 0 Å². The number of rotatable bonds is 4. The molecule has 0 unspecified atom stereocenters. The van der Waals surface area contributed by atoms with E-state index in [-0.39, 0.29) is 11.1 Å². The van der Waals surface area contributed by atoms with Crippen molar-refractivity contribution in [1.82, 2.24) is 4.98 Å². The predicted octanol–water partition coefficient (Wildman–Crippen LogP) is 4.56. The Morgan fingerprint density at radius 2 is 1.96 bits per heavy atom. The number of nitriles is 1. The van der Waals surface area contributed by atoms with E-state index in [1.807, 2.05) is 54.6 Å².